The van der Waals surface area contributed by atoms with Crippen molar-refractivity contribution < 1.29 is 4.74 Å². The standard InChI is InChI=1S/C22H22N6O2S/c1-16-6-5-9-19-23-17(14-20(29)27(16)19)15-31-22-25-24-21(26-10-12-30-13-11-26)28(22)18-7-3-2-4-8-18/h2-9,14H,10-13,15H2,1H3. The minimum absolute atomic E-state index is 0.0720. The molecule has 31 heavy (non-hydrogen) atoms. The van der Waals surface area contributed by atoms with E-state index in [1.54, 1.807) is 10.5 Å². The van der Waals surface area contributed by atoms with E-state index in [1.807, 2.05) is 55.5 Å². The van der Waals surface area contributed by atoms with Crippen molar-refractivity contribution >= 4 is 23.4 Å². The summed E-state index contributed by atoms with van der Waals surface area (Å²) in [5.41, 5.74) is 3.17. The summed E-state index contributed by atoms with van der Waals surface area (Å²) in [6.07, 6.45) is 0. The molecular formula is C22H22N6O2S. The van der Waals surface area contributed by atoms with Crippen LogP contribution in [-0.4, -0.2) is 50.5 Å². The maximum atomic E-state index is 12.6. The maximum Gasteiger partial charge on any atom is 0.258 e. The normalized spacial score (nSPS) is 14.3. The zero-order valence-corrected chi connectivity index (χ0v) is 18.0. The van der Waals surface area contributed by atoms with Gasteiger partial charge in [-0.25, -0.2) is 4.98 Å². The first-order valence-electron chi connectivity index (χ1n) is 10.2. The second kappa shape index (κ2) is 8.52. The average Bonchev–Trinajstić information content (AvgIpc) is 3.23. The summed E-state index contributed by atoms with van der Waals surface area (Å²) in [5, 5.41) is 9.71. The van der Waals surface area contributed by atoms with Crippen LogP contribution in [0.15, 0.2) is 64.5 Å². The van der Waals surface area contributed by atoms with E-state index in [0.717, 1.165) is 41.3 Å². The molecule has 5 rings (SSSR count). The predicted octanol–water partition coefficient (Wildman–Crippen LogP) is 2.71. The monoisotopic (exact) mass is 434 g/mol. The van der Waals surface area contributed by atoms with Gasteiger partial charge in [0.15, 0.2) is 5.16 Å². The lowest BCUT2D eigenvalue weighted by Crippen LogP contribution is -2.37. The van der Waals surface area contributed by atoms with E-state index in [4.69, 9.17) is 4.74 Å². The van der Waals surface area contributed by atoms with Crippen LogP contribution in [0.1, 0.15) is 11.4 Å². The van der Waals surface area contributed by atoms with Gasteiger partial charge in [-0.3, -0.25) is 13.8 Å². The third kappa shape index (κ3) is 3.94. The minimum Gasteiger partial charge on any atom is -0.378 e. The number of para-hydroxylation sites is 1. The lowest BCUT2D eigenvalue weighted by molar-refractivity contribution is 0.122. The summed E-state index contributed by atoms with van der Waals surface area (Å²) in [6, 6.07) is 17.3. The van der Waals surface area contributed by atoms with Crippen LogP contribution in [0, 0.1) is 6.92 Å². The minimum atomic E-state index is -0.0720. The Morgan fingerprint density at radius 1 is 1.03 bits per heavy atom. The fourth-order valence-corrected chi connectivity index (χ4v) is 4.54. The Morgan fingerprint density at radius 3 is 2.65 bits per heavy atom. The van der Waals surface area contributed by atoms with E-state index in [0.29, 0.717) is 24.6 Å². The SMILES string of the molecule is Cc1cccc2nc(CSc3nnc(N4CCOCC4)n3-c3ccccc3)cc(=O)n12. The quantitative estimate of drug-likeness (QED) is 0.447. The number of benzene rings is 1. The molecule has 4 heterocycles. The molecule has 1 aliphatic rings. The van der Waals surface area contributed by atoms with Crippen molar-refractivity contribution in [3.63, 3.8) is 0 Å². The lowest BCUT2D eigenvalue weighted by atomic mass is 10.3. The molecule has 0 unspecified atom stereocenters. The fraction of sp³-hybridized carbons (Fsp3) is 0.273. The third-order valence-corrected chi connectivity index (χ3v) is 6.17. The van der Waals surface area contributed by atoms with Gasteiger partial charge in [0.1, 0.15) is 5.65 Å². The second-order valence-electron chi connectivity index (χ2n) is 7.29. The van der Waals surface area contributed by atoms with Gasteiger partial charge in [-0.2, -0.15) is 0 Å². The van der Waals surface area contributed by atoms with Gasteiger partial charge in [-0.15, -0.1) is 10.2 Å². The largest absolute Gasteiger partial charge is 0.378 e. The van der Waals surface area contributed by atoms with E-state index in [-0.39, 0.29) is 5.56 Å². The zero-order valence-electron chi connectivity index (χ0n) is 17.1. The molecular weight excluding hydrogens is 412 g/mol. The highest BCUT2D eigenvalue weighted by Crippen LogP contribution is 2.28. The number of morpholine rings is 1. The Hall–Kier alpha value is -3.17. The molecule has 1 aliphatic heterocycles. The molecule has 0 spiro atoms. The Balaban J connectivity index is 1.47. The van der Waals surface area contributed by atoms with Gasteiger partial charge in [0.2, 0.25) is 5.95 Å². The number of aryl methyl sites for hydroxylation is 1. The van der Waals surface area contributed by atoms with Crippen molar-refractivity contribution in [2.75, 3.05) is 31.2 Å². The summed E-state index contributed by atoms with van der Waals surface area (Å²) in [7, 11) is 0. The van der Waals surface area contributed by atoms with Crippen LogP contribution >= 0.6 is 11.8 Å². The molecule has 0 radical (unpaired) electrons. The van der Waals surface area contributed by atoms with E-state index < -0.39 is 0 Å². The highest BCUT2D eigenvalue weighted by atomic mass is 32.2. The molecule has 3 aromatic heterocycles. The molecule has 0 N–H and O–H groups in total. The van der Waals surface area contributed by atoms with Gasteiger partial charge >= 0.3 is 0 Å². The van der Waals surface area contributed by atoms with E-state index in [9.17, 15) is 4.79 Å². The number of ether oxygens (including phenoxy) is 1. The van der Waals surface area contributed by atoms with Gasteiger partial charge in [-0.1, -0.05) is 36.0 Å². The first kappa shape index (κ1) is 19.8. The van der Waals surface area contributed by atoms with Crippen LogP contribution in [0.25, 0.3) is 11.3 Å². The van der Waals surface area contributed by atoms with Crippen molar-refractivity contribution in [3.8, 4) is 5.69 Å². The molecule has 4 aromatic rings. The first-order chi connectivity index (χ1) is 15.2. The van der Waals surface area contributed by atoms with Crippen LogP contribution in [0.3, 0.4) is 0 Å². The van der Waals surface area contributed by atoms with Gasteiger partial charge in [0, 0.05) is 30.6 Å². The number of thioether (sulfide) groups is 1. The average molecular weight is 435 g/mol. The predicted molar refractivity (Wildman–Crippen MR) is 120 cm³/mol. The molecule has 0 atom stereocenters. The Labute approximate surface area is 183 Å². The van der Waals surface area contributed by atoms with Crippen LogP contribution in [-0.2, 0) is 10.5 Å². The van der Waals surface area contributed by atoms with Crippen molar-refractivity contribution in [3.05, 3.63) is 76.3 Å². The molecule has 1 aromatic carbocycles. The van der Waals surface area contributed by atoms with Crippen LogP contribution < -0.4 is 10.5 Å². The molecule has 158 valence electrons. The Morgan fingerprint density at radius 2 is 1.84 bits per heavy atom. The molecule has 1 fully saturated rings. The third-order valence-electron chi connectivity index (χ3n) is 5.21. The van der Waals surface area contributed by atoms with E-state index >= 15 is 0 Å². The molecule has 0 saturated carbocycles. The number of rotatable bonds is 5. The van der Waals surface area contributed by atoms with Crippen LogP contribution in [0.2, 0.25) is 0 Å². The first-order valence-corrected chi connectivity index (χ1v) is 11.1. The lowest BCUT2D eigenvalue weighted by Gasteiger charge is -2.27. The van der Waals surface area contributed by atoms with Crippen LogP contribution in [0.4, 0.5) is 5.95 Å². The van der Waals surface area contributed by atoms with Gasteiger partial charge in [0.25, 0.3) is 5.56 Å². The number of hydrogen-bond acceptors (Lipinski definition) is 7. The summed E-state index contributed by atoms with van der Waals surface area (Å²) in [4.78, 5) is 19.5. The highest BCUT2D eigenvalue weighted by Gasteiger charge is 2.22. The fourth-order valence-electron chi connectivity index (χ4n) is 3.70. The highest BCUT2D eigenvalue weighted by molar-refractivity contribution is 7.98. The summed E-state index contributed by atoms with van der Waals surface area (Å²) < 4.78 is 9.18. The Bertz CT molecular complexity index is 1260. The summed E-state index contributed by atoms with van der Waals surface area (Å²) >= 11 is 1.52. The maximum absolute atomic E-state index is 12.6. The van der Waals surface area contributed by atoms with Crippen molar-refractivity contribution in [2.45, 2.75) is 17.8 Å². The van der Waals surface area contributed by atoms with Gasteiger partial charge in [0.05, 0.1) is 24.6 Å². The molecule has 0 bridgehead atoms. The second-order valence-corrected chi connectivity index (χ2v) is 8.23. The van der Waals surface area contributed by atoms with E-state index in [1.165, 1.54) is 11.8 Å². The Kier molecular flexibility index (Phi) is 5.44. The summed E-state index contributed by atoms with van der Waals surface area (Å²) in [6.45, 7) is 4.80. The zero-order chi connectivity index (χ0) is 21.2. The van der Waals surface area contributed by atoms with Crippen molar-refractivity contribution in [2.24, 2.45) is 0 Å². The number of anilines is 1. The topological polar surface area (TPSA) is 77.5 Å². The van der Waals surface area contributed by atoms with Gasteiger partial charge < -0.3 is 9.64 Å². The molecule has 1 saturated heterocycles. The molecule has 8 nitrogen and oxygen atoms in total. The molecule has 0 amide bonds. The van der Waals surface area contributed by atoms with Crippen LogP contribution in [0.5, 0.6) is 0 Å². The van der Waals surface area contributed by atoms with Crippen molar-refractivity contribution in [1.82, 2.24) is 24.1 Å². The smallest absolute Gasteiger partial charge is 0.258 e. The van der Waals surface area contributed by atoms with Gasteiger partial charge in [-0.05, 0) is 31.2 Å². The molecule has 9 heteroatoms. The van der Waals surface area contributed by atoms with E-state index in [2.05, 4.69) is 24.6 Å². The van der Waals surface area contributed by atoms with Crippen molar-refractivity contribution in [1.29, 1.82) is 0 Å². The number of pyridine rings is 1. The molecule has 0 aliphatic carbocycles. The summed E-state index contributed by atoms with van der Waals surface area (Å²) in [5.74, 6) is 1.33. The number of hydrogen-bond donors (Lipinski definition) is 0. The number of nitrogens with zero attached hydrogens (tertiary/aromatic N) is 6. The number of aromatic nitrogens is 5. The number of fused-ring (bicyclic) bond motifs is 1.